The molecule has 1 saturated heterocycles. The maximum absolute atomic E-state index is 3.37. The average molecular weight is 260 g/mol. The molecule has 106 valence electrons. The van der Waals surface area contributed by atoms with E-state index in [1.54, 1.807) is 0 Å². The van der Waals surface area contributed by atoms with Crippen LogP contribution in [0, 0.1) is 11.8 Å². The molecule has 1 N–H and O–H groups in total. The van der Waals surface area contributed by atoms with Crippen molar-refractivity contribution in [1.82, 2.24) is 5.32 Å². The van der Waals surface area contributed by atoms with Gasteiger partial charge in [0.15, 0.2) is 0 Å². The second-order valence-corrected chi connectivity index (χ2v) is 6.08. The van der Waals surface area contributed by atoms with Crippen LogP contribution >= 0.6 is 0 Å². The lowest BCUT2D eigenvalue weighted by Crippen LogP contribution is -2.21. The third kappa shape index (κ3) is 3.30. The summed E-state index contributed by atoms with van der Waals surface area (Å²) < 4.78 is 0. The van der Waals surface area contributed by atoms with Crippen molar-refractivity contribution < 1.29 is 0 Å². The second kappa shape index (κ2) is 6.42. The SMILES string of the molecule is CCC(NC)c1ccc(N2CCC(C(C)C)C2)cc1. The van der Waals surface area contributed by atoms with Crippen LogP contribution in [0.3, 0.4) is 0 Å². The van der Waals surface area contributed by atoms with Gasteiger partial charge in [0, 0.05) is 24.8 Å². The van der Waals surface area contributed by atoms with Crippen LogP contribution in [0.4, 0.5) is 5.69 Å². The Morgan fingerprint density at radius 2 is 1.95 bits per heavy atom. The van der Waals surface area contributed by atoms with Gasteiger partial charge >= 0.3 is 0 Å². The lowest BCUT2D eigenvalue weighted by Gasteiger charge is -2.21. The highest BCUT2D eigenvalue weighted by atomic mass is 15.1. The Kier molecular flexibility index (Phi) is 4.87. The Morgan fingerprint density at radius 3 is 2.42 bits per heavy atom. The summed E-state index contributed by atoms with van der Waals surface area (Å²) in [6.07, 6.45) is 2.47. The molecule has 1 aromatic rings. The van der Waals surface area contributed by atoms with Gasteiger partial charge in [-0.1, -0.05) is 32.9 Å². The highest BCUT2D eigenvalue weighted by Crippen LogP contribution is 2.29. The summed E-state index contributed by atoms with van der Waals surface area (Å²) in [5.74, 6) is 1.67. The quantitative estimate of drug-likeness (QED) is 0.865. The molecule has 2 heteroatoms. The van der Waals surface area contributed by atoms with Crippen molar-refractivity contribution >= 4 is 5.69 Å². The molecule has 0 radical (unpaired) electrons. The van der Waals surface area contributed by atoms with E-state index in [0.717, 1.165) is 18.3 Å². The number of nitrogens with zero attached hydrogens (tertiary/aromatic N) is 1. The number of benzene rings is 1. The fraction of sp³-hybridized carbons (Fsp3) is 0.647. The fourth-order valence-electron chi connectivity index (χ4n) is 3.09. The molecule has 0 amide bonds. The van der Waals surface area contributed by atoms with Crippen LogP contribution in [0.2, 0.25) is 0 Å². The monoisotopic (exact) mass is 260 g/mol. The zero-order chi connectivity index (χ0) is 13.8. The van der Waals surface area contributed by atoms with Crippen LogP contribution in [0.25, 0.3) is 0 Å². The summed E-state index contributed by atoms with van der Waals surface area (Å²) in [5, 5.41) is 3.37. The van der Waals surface area contributed by atoms with Gasteiger partial charge in [0.05, 0.1) is 0 Å². The van der Waals surface area contributed by atoms with Crippen LogP contribution in [0.15, 0.2) is 24.3 Å². The molecule has 0 bridgehead atoms. The summed E-state index contributed by atoms with van der Waals surface area (Å²) in [6.45, 7) is 9.35. The summed E-state index contributed by atoms with van der Waals surface area (Å²) >= 11 is 0. The Morgan fingerprint density at radius 1 is 1.26 bits per heavy atom. The van der Waals surface area contributed by atoms with Crippen molar-refractivity contribution in [2.24, 2.45) is 11.8 Å². The number of rotatable bonds is 5. The fourth-order valence-corrected chi connectivity index (χ4v) is 3.09. The first-order valence-corrected chi connectivity index (χ1v) is 7.67. The van der Waals surface area contributed by atoms with Crippen LogP contribution in [0.5, 0.6) is 0 Å². The van der Waals surface area contributed by atoms with E-state index in [1.807, 2.05) is 7.05 Å². The third-order valence-electron chi connectivity index (χ3n) is 4.58. The van der Waals surface area contributed by atoms with Gasteiger partial charge in [0.1, 0.15) is 0 Å². The van der Waals surface area contributed by atoms with Gasteiger partial charge in [-0.3, -0.25) is 0 Å². The maximum Gasteiger partial charge on any atom is 0.0366 e. The van der Waals surface area contributed by atoms with E-state index in [1.165, 1.54) is 30.8 Å². The first kappa shape index (κ1) is 14.4. The summed E-state index contributed by atoms with van der Waals surface area (Å²) in [7, 11) is 2.04. The number of nitrogens with one attached hydrogen (secondary N) is 1. The zero-order valence-electron chi connectivity index (χ0n) is 12.8. The van der Waals surface area contributed by atoms with Gasteiger partial charge in [0.2, 0.25) is 0 Å². The molecule has 2 nitrogen and oxygen atoms in total. The first-order valence-electron chi connectivity index (χ1n) is 7.67. The molecule has 1 fully saturated rings. The van der Waals surface area contributed by atoms with Gasteiger partial charge in [-0.2, -0.15) is 0 Å². The normalized spacial score (nSPS) is 21.1. The minimum absolute atomic E-state index is 0.482. The van der Waals surface area contributed by atoms with Crippen LogP contribution < -0.4 is 10.2 Å². The van der Waals surface area contributed by atoms with Crippen LogP contribution in [0.1, 0.15) is 45.2 Å². The molecule has 2 unspecified atom stereocenters. The van der Waals surface area contributed by atoms with Crippen LogP contribution in [-0.2, 0) is 0 Å². The number of hydrogen-bond acceptors (Lipinski definition) is 2. The minimum atomic E-state index is 0.482. The zero-order valence-corrected chi connectivity index (χ0v) is 12.8. The van der Waals surface area contributed by atoms with E-state index in [9.17, 15) is 0 Å². The lowest BCUT2D eigenvalue weighted by atomic mass is 9.95. The Bertz CT molecular complexity index is 379. The first-order chi connectivity index (χ1) is 9.15. The van der Waals surface area contributed by atoms with Crippen molar-refractivity contribution in [3.63, 3.8) is 0 Å². The predicted octanol–water partition coefficient (Wildman–Crippen LogP) is 3.84. The topological polar surface area (TPSA) is 15.3 Å². The molecule has 0 aliphatic carbocycles. The number of anilines is 1. The van der Waals surface area contributed by atoms with Gasteiger partial charge in [-0.05, 0) is 49.4 Å². The van der Waals surface area contributed by atoms with Crippen molar-refractivity contribution in [2.75, 3.05) is 25.0 Å². The molecular weight excluding hydrogens is 232 g/mol. The summed E-state index contributed by atoms with van der Waals surface area (Å²) in [6, 6.07) is 9.62. The molecule has 1 heterocycles. The third-order valence-corrected chi connectivity index (χ3v) is 4.58. The maximum atomic E-state index is 3.37. The van der Waals surface area contributed by atoms with E-state index in [2.05, 4.69) is 55.3 Å². The van der Waals surface area contributed by atoms with E-state index in [-0.39, 0.29) is 0 Å². The van der Waals surface area contributed by atoms with E-state index >= 15 is 0 Å². The highest BCUT2D eigenvalue weighted by Gasteiger charge is 2.24. The van der Waals surface area contributed by atoms with Crippen molar-refractivity contribution in [2.45, 2.75) is 39.7 Å². The Labute approximate surface area is 118 Å². The van der Waals surface area contributed by atoms with E-state index in [0.29, 0.717) is 6.04 Å². The summed E-state index contributed by atoms with van der Waals surface area (Å²) in [5.41, 5.74) is 2.78. The molecular formula is C17H28N2. The second-order valence-electron chi connectivity index (χ2n) is 6.08. The molecule has 0 saturated carbocycles. The molecule has 1 aliphatic rings. The van der Waals surface area contributed by atoms with Crippen molar-refractivity contribution in [1.29, 1.82) is 0 Å². The van der Waals surface area contributed by atoms with E-state index in [4.69, 9.17) is 0 Å². The van der Waals surface area contributed by atoms with Crippen LogP contribution in [-0.4, -0.2) is 20.1 Å². The standard InChI is InChI=1S/C17H28N2/c1-5-17(18-4)14-6-8-16(9-7-14)19-11-10-15(12-19)13(2)3/h6-9,13,15,17-18H,5,10-12H2,1-4H3. The molecule has 0 aromatic heterocycles. The summed E-state index contributed by atoms with van der Waals surface area (Å²) in [4.78, 5) is 2.54. The lowest BCUT2D eigenvalue weighted by molar-refractivity contribution is 0.423. The highest BCUT2D eigenvalue weighted by molar-refractivity contribution is 5.49. The average Bonchev–Trinajstić information content (AvgIpc) is 2.91. The molecule has 19 heavy (non-hydrogen) atoms. The van der Waals surface area contributed by atoms with Crippen molar-refractivity contribution in [3.05, 3.63) is 29.8 Å². The largest absolute Gasteiger partial charge is 0.371 e. The smallest absolute Gasteiger partial charge is 0.0366 e. The Hall–Kier alpha value is -1.02. The molecule has 1 aliphatic heterocycles. The Balaban J connectivity index is 2.03. The molecule has 1 aromatic carbocycles. The van der Waals surface area contributed by atoms with Crippen molar-refractivity contribution in [3.8, 4) is 0 Å². The predicted molar refractivity (Wildman–Crippen MR) is 83.7 cm³/mol. The van der Waals surface area contributed by atoms with Gasteiger partial charge in [0.25, 0.3) is 0 Å². The molecule has 2 rings (SSSR count). The van der Waals surface area contributed by atoms with Gasteiger partial charge < -0.3 is 10.2 Å². The van der Waals surface area contributed by atoms with Gasteiger partial charge in [-0.25, -0.2) is 0 Å². The molecule has 2 atom stereocenters. The number of hydrogen-bond donors (Lipinski definition) is 1. The minimum Gasteiger partial charge on any atom is -0.371 e. The van der Waals surface area contributed by atoms with E-state index < -0.39 is 0 Å². The van der Waals surface area contributed by atoms with Gasteiger partial charge in [-0.15, -0.1) is 0 Å². The molecule has 0 spiro atoms.